The average molecular weight is 501 g/mol. The van der Waals surface area contributed by atoms with Gasteiger partial charge in [0.2, 0.25) is 0 Å². The number of rotatable bonds is 8. The van der Waals surface area contributed by atoms with Crippen molar-refractivity contribution in [3.63, 3.8) is 0 Å². The Kier molecular flexibility index (Phi) is 7.96. The molecule has 0 spiro atoms. The fourth-order valence-electron chi connectivity index (χ4n) is 2.79. The van der Waals surface area contributed by atoms with Gasteiger partial charge in [0.05, 0.1) is 17.9 Å². The van der Waals surface area contributed by atoms with Gasteiger partial charge in [-0.3, -0.25) is 0 Å². The molecule has 0 saturated carbocycles. The number of benzene rings is 2. The van der Waals surface area contributed by atoms with E-state index in [2.05, 4.69) is 10.2 Å². The lowest BCUT2D eigenvalue weighted by Crippen LogP contribution is -2.26. The van der Waals surface area contributed by atoms with E-state index in [4.69, 9.17) is 9.47 Å². The van der Waals surface area contributed by atoms with Gasteiger partial charge in [0.15, 0.2) is 6.10 Å². The lowest BCUT2D eigenvalue weighted by atomic mass is 10.1. The molecule has 3 aromatic rings. The first kappa shape index (κ1) is 25.0. The maximum Gasteiger partial charge on any atom is 0.419 e. The van der Waals surface area contributed by atoms with Gasteiger partial charge in [0.25, 0.3) is 0 Å². The Morgan fingerprint density at radius 3 is 2.58 bits per heavy atom. The molecule has 1 aromatic heterocycles. The number of aryl methyl sites for hydroxylation is 1. The van der Waals surface area contributed by atoms with E-state index in [1.165, 1.54) is 29.2 Å². The molecular formula is C22H20F4N2O3S2. The predicted octanol–water partition coefficient (Wildman–Crippen LogP) is 6.29. The normalized spacial score (nSPS) is 12.5. The van der Waals surface area contributed by atoms with E-state index in [1.807, 2.05) is 19.1 Å². The first-order chi connectivity index (χ1) is 15.6. The molecule has 0 amide bonds. The summed E-state index contributed by atoms with van der Waals surface area (Å²) in [5, 5.41) is 9.00. The van der Waals surface area contributed by atoms with Crippen LogP contribution in [0.5, 0.6) is 5.75 Å². The first-order valence-electron chi connectivity index (χ1n) is 9.84. The summed E-state index contributed by atoms with van der Waals surface area (Å²) in [7, 11) is 0. The molecule has 0 radical (unpaired) electrons. The number of nitrogens with zero attached hydrogens (tertiary/aromatic N) is 2. The van der Waals surface area contributed by atoms with Gasteiger partial charge >= 0.3 is 12.1 Å². The highest BCUT2D eigenvalue weighted by atomic mass is 32.2. The molecule has 0 aliphatic rings. The smallest absolute Gasteiger partial charge is 0.419 e. The second-order valence-corrected chi connectivity index (χ2v) is 9.03. The Bertz CT molecular complexity index is 1140. The van der Waals surface area contributed by atoms with Gasteiger partial charge in [-0.05, 0) is 56.7 Å². The van der Waals surface area contributed by atoms with E-state index < -0.39 is 29.6 Å². The maximum absolute atomic E-state index is 13.8. The third kappa shape index (κ3) is 6.44. The molecule has 1 unspecified atom stereocenters. The van der Waals surface area contributed by atoms with Gasteiger partial charge in [0, 0.05) is 10.5 Å². The molecule has 2 aromatic carbocycles. The first-order valence-corrected chi connectivity index (χ1v) is 11.6. The van der Waals surface area contributed by atoms with E-state index in [-0.39, 0.29) is 12.2 Å². The predicted molar refractivity (Wildman–Crippen MR) is 118 cm³/mol. The Labute approximate surface area is 196 Å². The zero-order chi connectivity index (χ0) is 24.2. The summed E-state index contributed by atoms with van der Waals surface area (Å²) in [6.45, 7) is 5.49. The van der Waals surface area contributed by atoms with Crippen molar-refractivity contribution in [1.29, 1.82) is 0 Å². The molecule has 0 aliphatic carbocycles. The SMILES string of the molecule is CCOC(=O)C(C)Oc1ccc(SCc2nnc(-c3ccc(C(F)(F)F)c(F)c3)s2)cc1C. The van der Waals surface area contributed by atoms with Crippen molar-refractivity contribution in [2.75, 3.05) is 6.61 Å². The van der Waals surface area contributed by atoms with Crippen LogP contribution in [0.3, 0.4) is 0 Å². The number of esters is 1. The van der Waals surface area contributed by atoms with Crippen LogP contribution in [0.4, 0.5) is 17.6 Å². The minimum absolute atomic E-state index is 0.238. The summed E-state index contributed by atoms with van der Waals surface area (Å²) in [4.78, 5) is 12.7. The number of hydrogen-bond acceptors (Lipinski definition) is 7. The summed E-state index contributed by atoms with van der Waals surface area (Å²) in [5.41, 5.74) is -0.234. The van der Waals surface area contributed by atoms with Crippen LogP contribution in [0, 0.1) is 12.7 Å². The number of carbonyl (C=O) groups excluding carboxylic acids is 1. The molecule has 0 saturated heterocycles. The van der Waals surface area contributed by atoms with Crippen LogP contribution in [0.1, 0.15) is 30.0 Å². The van der Waals surface area contributed by atoms with Gasteiger partial charge < -0.3 is 9.47 Å². The highest BCUT2D eigenvalue weighted by molar-refractivity contribution is 7.98. The monoisotopic (exact) mass is 500 g/mol. The number of hydrogen-bond donors (Lipinski definition) is 0. The maximum atomic E-state index is 13.8. The second kappa shape index (κ2) is 10.5. The van der Waals surface area contributed by atoms with Crippen LogP contribution in [0.25, 0.3) is 10.6 Å². The Hall–Kier alpha value is -2.66. The Morgan fingerprint density at radius 2 is 1.94 bits per heavy atom. The summed E-state index contributed by atoms with van der Waals surface area (Å²) < 4.78 is 62.6. The van der Waals surface area contributed by atoms with E-state index in [0.29, 0.717) is 27.6 Å². The molecule has 11 heteroatoms. The fourth-order valence-corrected chi connectivity index (χ4v) is 4.61. The standard InChI is InChI=1S/C22H20F4N2O3S2/c1-4-30-21(29)13(3)31-18-8-6-15(9-12(18)2)32-11-19-27-28-20(33-19)14-5-7-16(17(23)10-14)22(24,25)26/h5-10,13H,4,11H2,1-3H3. The van der Waals surface area contributed by atoms with Crippen LogP contribution >= 0.6 is 23.1 Å². The topological polar surface area (TPSA) is 61.3 Å². The van der Waals surface area contributed by atoms with E-state index in [9.17, 15) is 22.4 Å². The van der Waals surface area contributed by atoms with Crippen LogP contribution in [-0.2, 0) is 21.5 Å². The number of carbonyl (C=O) groups is 1. The van der Waals surface area contributed by atoms with Gasteiger partial charge in [-0.2, -0.15) is 13.2 Å². The van der Waals surface area contributed by atoms with Crippen molar-refractivity contribution in [3.05, 3.63) is 58.3 Å². The van der Waals surface area contributed by atoms with Crippen molar-refractivity contribution < 1.29 is 31.8 Å². The molecule has 0 N–H and O–H groups in total. The van der Waals surface area contributed by atoms with Crippen LogP contribution < -0.4 is 4.74 Å². The molecule has 0 fully saturated rings. The molecule has 0 bridgehead atoms. The summed E-state index contributed by atoms with van der Waals surface area (Å²) >= 11 is 2.67. The lowest BCUT2D eigenvalue weighted by Gasteiger charge is -2.15. The summed E-state index contributed by atoms with van der Waals surface area (Å²) in [5.74, 6) is -0.737. The molecular weight excluding hydrogens is 480 g/mol. The van der Waals surface area contributed by atoms with E-state index >= 15 is 0 Å². The van der Waals surface area contributed by atoms with Gasteiger partial charge in [-0.1, -0.05) is 17.4 Å². The third-order valence-corrected chi connectivity index (χ3v) is 6.58. The summed E-state index contributed by atoms with van der Waals surface area (Å²) in [6.07, 6.45) is -5.47. The number of ether oxygens (including phenoxy) is 2. The highest BCUT2D eigenvalue weighted by Gasteiger charge is 2.34. The fraction of sp³-hybridized carbons (Fsp3) is 0.318. The highest BCUT2D eigenvalue weighted by Crippen LogP contribution is 2.35. The second-order valence-electron chi connectivity index (χ2n) is 6.92. The minimum Gasteiger partial charge on any atom is -0.479 e. The molecule has 33 heavy (non-hydrogen) atoms. The Balaban J connectivity index is 1.63. The average Bonchev–Trinajstić information content (AvgIpc) is 3.22. The molecule has 176 valence electrons. The number of aromatic nitrogens is 2. The number of thioether (sulfide) groups is 1. The summed E-state index contributed by atoms with van der Waals surface area (Å²) in [6, 6.07) is 8.23. The number of alkyl halides is 3. The third-order valence-electron chi connectivity index (χ3n) is 4.42. The molecule has 1 heterocycles. The largest absolute Gasteiger partial charge is 0.479 e. The van der Waals surface area contributed by atoms with Crippen LogP contribution in [-0.4, -0.2) is 28.9 Å². The lowest BCUT2D eigenvalue weighted by molar-refractivity contribution is -0.150. The van der Waals surface area contributed by atoms with Crippen molar-refractivity contribution >= 4 is 29.1 Å². The van der Waals surface area contributed by atoms with Crippen molar-refractivity contribution in [2.24, 2.45) is 0 Å². The molecule has 0 aliphatic heterocycles. The van der Waals surface area contributed by atoms with Gasteiger partial charge in [0.1, 0.15) is 21.6 Å². The van der Waals surface area contributed by atoms with E-state index in [0.717, 1.165) is 16.5 Å². The van der Waals surface area contributed by atoms with Crippen molar-refractivity contribution in [1.82, 2.24) is 10.2 Å². The zero-order valence-electron chi connectivity index (χ0n) is 17.9. The van der Waals surface area contributed by atoms with Crippen LogP contribution in [0.15, 0.2) is 41.3 Å². The van der Waals surface area contributed by atoms with Crippen molar-refractivity contribution in [3.8, 4) is 16.3 Å². The van der Waals surface area contributed by atoms with Crippen LogP contribution in [0.2, 0.25) is 0 Å². The molecule has 3 rings (SSSR count). The van der Waals surface area contributed by atoms with Gasteiger partial charge in [-0.25, -0.2) is 9.18 Å². The van der Waals surface area contributed by atoms with Crippen molar-refractivity contribution in [2.45, 2.75) is 43.7 Å². The quantitative estimate of drug-likeness (QED) is 0.206. The minimum atomic E-state index is -4.75. The van der Waals surface area contributed by atoms with E-state index in [1.54, 1.807) is 19.9 Å². The zero-order valence-corrected chi connectivity index (χ0v) is 19.5. The molecule has 1 atom stereocenters. The molecule has 5 nitrogen and oxygen atoms in total. The van der Waals surface area contributed by atoms with Gasteiger partial charge in [-0.15, -0.1) is 22.0 Å². The Morgan fingerprint density at radius 1 is 1.18 bits per heavy atom. The number of halogens is 4.